The highest BCUT2D eigenvalue weighted by atomic mass is 35.5. The van der Waals surface area contributed by atoms with Crippen molar-refractivity contribution < 1.29 is 18.0 Å². The van der Waals surface area contributed by atoms with Gasteiger partial charge in [-0.3, -0.25) is 0 Å². The number of fused-ring (bicyclic) bond motifs is 1. The van der Waals surface area contributed by atoms with Crippen LogP contribution < -0.4 is 14.8 Å². The molecule has 0 amide bonds. The van der Waals surface area contributed by atoms with Gasteiger partial charge in [-0.2, -0.15) is 4.37 Å². The maximum absolute atomic E-state index is 14.8. The number of hydrogen-bond acceptors (Lipinski definition) is 9. The fourth-order valence-electron chi connectivity index (χ4n) is 3.21. The molecular weight excluding hydrogens is 504 g/mol. The number of aromatic nitrogens is 3. The molecular formula is C22H14ClF2N5O2S2. The first kappa shape index (κ1) is 22.4. The van der Waals surface area contributed by atoms with Crippen LogP contribution in [0.3, 0.4) is 0 Å². The minimum absolute atomic E-state index is 0.0499. The lowest BCUT2D eigenvalue weighted by atomic mass is 10.0. The second-order valence-electron chi connectivity index (χ2n) is 6.90. The summed E-state index contributed by atoms with van der Waals surface area (Å²) in [6, 6.07) is 12.4. The normalized spacial score (nSPS) is 11.1. The zero-order valence-electron chi connectivity index (χ0n) is 17.3. The van der Waals surface area contributed by atoms with Gasteiger partial charge in [-0.15, -0.1) is 0 Å². The van der Waals surface area contributed by atoms with Crippen molar-refractivity contribution in [2.24, 2.45) is 0 Å². The highest BCUT2D eigenvalue weighted by Crippen LogP contribution is 2.39. The molecule has 34 heavy (non-hydrogen) atoms. The van der Waals surface area contributed by atoms with Crippen molar-refractivity contribution in [1.82, 2.24) is 14.5 Å². The van der Waals surface area contributed by atoms with Crippen LogP contribution in [0.15, 0.2) is 64.3 Å². The molecule has 2 aromatic heterocycles. The van der Waals surface area contributed by atoms with Gasteiger partial charge >= 0.3 is 0 Å². The number of benzene rings is 3. The largest absolute Gasteiger partial charge is 0.454 e. The lowest BCUT2D eigenvalue weighted by molar-refractivity contribution is 0.434. The Morgan fingerprint density at radius 3 is 2.74 bits per heavy atom. The summed E-state index contributed by atoms with van der Waals surface area (Å²) >= 11 is 8.22. The Morgan fingerprint density at radius 1 is 1.06 bits per heavy atom. The zero-order valence-corrected chi connectivity index (χ0v) is 19.7. The topological polar surface area (TPSA) is 85.1 Å². The van der Waals surface area contributed by atoms with Crippen molar-refractivity contribution in [1.29, 1.82) is 0 Å². The molecule has 0 aliphatic rings. The summed E-state index contributed by atoms with van der Waals surface area (Å²) in [5.74, 6) is -0.765. The molecule has 2 N–H and O–H groups in total. The lowest BCUT2D eigenvalue weighted by Crippen LogP contribution is -1.95. The molecule has 0 radical (unpaired) electrons. The molecule has 2 heterocycles. The number of ether oxygens (including phenoxy) is 1. The number of rotatable bonds is 7. The van der Waals surface area contributed by atoms with E-state index in [9.17, 15) is 8.78 Å². The summed E-state index contributed by atoms with van der Waals surface area (Å²) in [5, 5.41) is 8.63. The lowest BCUT2D eigenvalue weighted by Gasteiger charge is -2.14. The summed E-state index contributed by atoms with van der Waals surface area (Å²) in [6.07, 6.45) is 1.37. The molecule has 5 aromatic rings. The predicted molar refractivity (Wildman–Crippen MR) is 130 cm³/mol. The Bertz CT molecular complexity index is 1480. The maximum atomic E-state index is 14.8. The molecule has 12 heteroatoms. The van der Waals surface area contributed by atoms with Gasteiger partial charge in [-0.05, 0) is 53.9 Å². The highest BCUT2D eigenvalue weighted by Gasteiger charge is 2.17. The van der Waals surface area contributed by atoms with Gasteiger partial charge in [0.05, 0.1) is 10.3 Å². The van der Waals surface area contributed by atoms with E-state index in [-0.39, 0.29) is 10.6 Å². The van der Waals surface area contributed by atoms with Gasteiger partial charge in [0, 0.05) is 35.2 Å². The second kappa shape index (κ2) is 9.45. The van der Waals surface area contributed by atoms with Crippen LogP contribution in [-0.4, -0.2) is 21.6 Å². The van der Waals surface area contributed by atoms with Crippen LogP contribution in [0.4, 0.5) is 19.7 Å². The minimum atomic E-state index is -0.726. The van der Waals surface area contributed by atoms with Crippen LogP contribution in [0.25, 0.3) is 22.1 Å². The molecule has 0 unspecified atom stereocenters. The van der Waals surface area contributed by atoms with E-state index in [1.807, 2.05) is 6.07 Å². The van der Waals surface area contributed by atoms with Crippen LogP contribution in [0, 0.1) is 11.6 Å². The summed E-state index contributed by atoms with van der Waals surface area (Å²) in [5.41, 5.74) is 1.92. The van der Waals surface area contributed by atoms with E-state index in [1.54, 1.807) is 37.4 Å². The summed E-state index contributed by atoms with van der Waals surface area (Å²) in [4.78, 5) is 3.99. The Kier molecular flexibility index (Phi) is 6.22. The fourth-order valence-corrected chi connectivity index (χ4v) is 4.51. The van der Waals surface area contributed by atoms with E-state index in [0.29, 0.717) is 32.9 Å². The van der Waals surface area contributed by atoms with Crippen molar-refractivity contribution in [3.63, 3.8) is 0 Å². The molecule has 0 saturated heterocycles. The Morgan fingerprint density at radius 2 is 1.94 bits per heavy atom. The van der Waals surface area contributed by atoms with E-state index in [4.69, 9.17) is 20.9 Å². The van der Waals surface area contributed by atoms with Crippen molar-refractivity contribution >= 4 is 57.0 Å². The predicted octanol–water partition coefficient (Wildman–Crippen LogP) is 7.23. The molecule has 0 saturated carbocycles. The van der Waals surface area contributed by atoms with Crippen molar-refractivity contribution in [3.05, 3.63) is 71.5 Å². The molecule has 172 valence electrons. The monoisotopic (exact) mass is 517 g/mol. The standard InChI is InChI=1S/C22H14ClF2N5O2S2/c1-26-21-14-6-11(2-4-18(14)32-29-21)13-7-12(23)3-5-17(13)31-19-8-16(25)20(9-15(19)24)33-30-22-27-10-28-34-22/h2-10H,1H3,(H,26,29)(H,27,28,30). The van der Waals surface area contributed by atoms with Crippen molar-refractivity contribution in [2.45, 2.75) is 4.90 Å². The fraction of sp³-hybridized carbons (Fsp3) is 0.0455. The van der Waals surface area contributed by atoms with E-state index in [0.717, 1.165) is 46.6 Å². The smallest absolute Gasteiger partial charge is 0.212 e. The molecule has 3 aromatic carbocycles. The molecule has 7 nitrogen and oxygen atoms in total. The average molecular weight is 518 g/mol. The van der Waals surface area contributed by atoms with Gasteiger partial charge < -0.3 is 19.3 Å². The Balaban J connectivity index is 1.47. The molecule has 0 atom stereocenters. The number of halogens is 3. The molecule has 0 bridgehead atoms. The molecule has 0 aliphatic heterocycles. The Hall–Kier alpha value is -3.41. The number of nitrogens with zero attached hydrogens (tertiary/aromatic N) is 3. The van der Waals surface area contributed by atoms with E-state index >= 15 is 0 Å². The van der Waals surface area contributed by atoms with E-state index in [2.05, 4.69) is 24.6 Å². The molecule has 0 fully saturated rings. The minimum Gasteiger partial charge on any atom is -0.454 e. The third kappa shape index (κ3) is 4.49. The maximum Gasteiger partial charge on any atom is 0.212 e. The van der Waals surface area contributed by atoms with Crippen LogP contribution in [0.5, 0.6) is 11.5 Å². The van der Waals surface area contributed by atoms with Crippen LogP contribution in [0.2, 0.25) is 5.02 Å². The quantitative estimate of drug-likeness (QED) is 0.219. The molecule has 0 spiro atoms. The van der Waals surface area contributed by atoms with Crippen LogP contribution in [0.1, 0.15) is 0 Å². The Labute approximate surface area is 205 Å². The van der Waals surface area contributed by atoms with Gasteiger partial charge in [0.2, 0.25) is 5.13 Å². The summed E-state index contributed by atoms with van der Waals surface area (Å²) in [6.45, 7) is 0. The first-order valence-corrected chi connectivity index (χ1v) is 11.7. The second-order valence-corrected chi connectivity index (χ2v) is 8.96. The average Bonchev–Trinajstić information content (AvgIpc) is 3.50. The SMILES string of the molecule is CNc1noc2ccc(-c3cc(Cl)ccc3Oc3cc(F)c(SNc4ncns4)cc3F)cc12. The number of anilines is 2. The summed E-state index contributed by atoms with van der Waals surface area (Å²) in [7, 11) is 1.74. The first-order chi connectivity index (χ1) is 16.5. The first-order valence-electron chi connectivity index (χ1n) is 9.75. The van der Waals surface area contributed by atoms with Gasteiger partial charge in [-0.1, -0.05) is 22.8 Å². The third-order valence-electron chi connectivity index (χ3n) is 4.78. The van der Waals surface area contributed by atoms with Gasteiger partial charge in [0.1, 0.15) is 17.9 Å². The molecule has 5 rings (SSSR count). The number of hydrogen-bond donors (Lipinski definition) is 2. The summed E-state index contributed by atoms with van der Waals surface area (Å²) < 4.78 is 47.3. The molecule has 0 aliphatic carbocycles. The van der Waals surface area contributed by atoms with E-state index in [1.165, 1.54) is 6.33 Å². The number of nitrogens with one attached hydrogen (secondary N) is 2. The van der Waals surface area contributed by atoms with Gasteiger partial charge in [0.15, 0.2) is 23.0 Å². The van der Waals surface area contributed by atoms with Gasteiger partial charge in [-0.25, -0.2) is 13.8 Å². The van der Waals surface area contributed by atoms with Crippen LogP contribution in [-0.2, 0) is 0 Å². The van der Waals surface area contributed by atoms with E-state index < -0.39 is 11.6 Å². The van der Waals surface area contributed by atoms with Crippen molar-refractivity contribution in [2.75, 3.05) is 17.1 Å². The zero-order chi connectivity index (χ0) is 23.7. The van der Waals surface area contributed by atoms with Gasteiger partial charge in [0.25, 0.3) is 0 Å². The van der Waals surface area contributed by atoms with Crippen LogP contribution >= 0.6 is 35.1 Å². The highest BCUT2D eigenvalue weighted by molar-refractivity contribution is 8.00. The van der Waals surface area contributed by atoms with Crippen molar-refractivity contribution in [3.8, 4) is 22.6 Å². The third-order valence-corrected chi connectivity index (χ3v) is 6.55.